The number of nitrogens with one attached hydrogen (secondary N) is 2. The number of aliphatic imine (C=N–C) groups is 1. The van der Waals surface area contributed by atoms with E-state index in [1.54, 1.807) is 6.20 Å². The van der Waals surface area contributed by atoms with E-state index in [2.05, 4.69) is 60.1 Å². The lowest BCUT2D eigenvalue weighted by molar-refractivity contribution is 0.178. The highest BCUT2D eigenvalue weighted by molar-refractivity contribution is 14.0. The molecule has 7 heteroatoms. The second-order valence-corrected chi connectivity index (χ2v) is 6.45. The summed E-state index contributed by atoms with van der Waals surface area (Å²) < 4.78 is 5.57. The summed E-state index contributed by atoms with van der Waals surface area (Å²) in [5, 5.41) is 6.71. The van der Waals surface area contributed by atoms with E-state index in [0.717, 1.165) is 31.2 Å². The summed E-state index contributed by atoms with van der Waals surface area (Å²) in [5.41, 5.74) is 0.993. The molecule has 0 aliphatic heterocycles. The largest absolute Gasteiger partial charge is 0.478 e. The zero-order valence-electron chi connectivity index (χ0n) is 17.1. The van der Waals surface area contributed by atoms with Crippen LogP contribution < -0.4 is 15.4 Å². The molecule has 0 atom stereocenters. The molecule has 0 spiro atoms. The number of hydrogen-bond acceptors (Lipinski definition) is 4. The molecule has 0 amide bonds. The number of aromatic nitrogens is 1. The normalized spacial score (nSPS) is 11.7. The predicted octanol–water partition coefficient (Wildman–Crippen LogP) is 3.27. The SMILES string of the molecule is CCNC(=NCc1cccnc1OCC)NCCN(C(C)C)C(C)C.I. The molecule has 1 aromatic rings. The fourth-order valence-corrected chi connectivity index (χ4v) is 2.73. The molecule has 0 aliphatic carbocycles. The van der Waals surface area contributed by atoms with Gasteiger partial charge in [0.05, 0.1) is 13.2 Å². The monoisotopic (exact) mass is 477 g/mol. The van der Waals surface area contributed by atoms with Crippen LogP contribution in [-0.2, 0) is 6.54 Å². The average molecular weight is 477 g/mol. The molecular weight excluding hydrogens is 441 g/mol. The number of hydrogen-bond donors (Lipinski definition) is 2. The lowest BCUT2D eigenvalue weighted by atomic mass is 10.2. The van der Waals surface area contributed by atoms with Crippen molar-refractivity contribution < 1.29 is 4.74 Å². The second kappa shape index (κ2) is 14.0. The van der Waals surface area contributed by atoms with Crippen LogP contribution >= 0.6 is 24.0 Å². The van der Waals surface area contributed by atoms with Crippen molar-refractivity contribution in [2.24, 2.45) is 4.99 Å². The second-order valence-electron chi connectivity index (χ2n) is 6.45. The summed E-state index contributed by atoms with van der Waals surface area (Å²) in [4.78, 5) is 11.4. The zero-order valence-corrected chi connectivity index (χ0v) is 19.4. The molecule has 0 bridgehead atoms. The standard InChI is InChI=1S/C19H35N5O.HI/c1-7-20-19(22-12-13-24(15(3)4)16(5)6)23-14-17-10-9-11-21-18(17)25-8-2;/h9-11,15-16H,7-8,12-14H2,1-6H3,(H2,20,22,23);1H. The Morgan fingerprint density at radius 1 is 1.19 bits per heavy atom. The van der Waals surface area contributed by atoms with Gasteiger partial charge in [0.1, 0.15) is 0 Å². The van der Waals surface area contributed by atoms with E-state index >= 15 is 0 Å². The molecule has 0 aromatic carbocycles. The summed E-state index contributed by atoms with van der Waals surface area (Å²) in [6.45, 7) is 16.8. The maximum Gasteiger partial charge on any atom is 0.218 e. The van der Waals surface area contributed by atoms with Crippen molar-refractivity contribution in [1.29, 1.82) is 0 Å². The van der Waals surface area contributed by atoms with Crippen molar-refractivity contribution in [1.82, 2.24) is 20.5 Å². The zero-order chi connectivity index (χ0) is 18.7. The van der Waals surface area contributed by atoms with Gasteiger partial charge in [-0.25, -0.2) is 9.98 Å². The Kier molecular flexibility index (Phi) is 13.4. The van der Waals surface area contributed by atoms with E-state index in [9.17, 15) is 0 Å². The molecule has 150 valence electrons. The Bertz CT molecular complexity index is 514. The Labute approximate surface area is 176 Å². The number of nitrogens with zero attached hydrogens (tertiary/aromatic N) is 3. The van der Waals surface area contributed by atoms with Crippen LogP contribution in [0.1, 0.15) is 47.1 Å². The third kappa shape index (κ3) is 9.02. The molecule has 0 fully saturated rings. The van der Waals surface area contributed by atoms with Crippen LogP contribution in [-0.4, -0.2) is 54.2 Å². The third-order valence-corrected chi connectivity index (χ3v) is 3.87. The number of rotatable bonds is 10. The smallest absolute Gasteiger partial charge is 0.218 e. The van der Waals surface area contributed by atoms with E-state index in [1.165, 1.54) is 0 Å². The molecular formula is C19H36IN5O. The molecule has 1 rings (SSSR count). The van der Waals surface area contributed by atoms with Gasteiger partial charge in [-0.2, -0.15) is 0 Å². The van der Waals surface area contributed by atoms with Crippen LogP contribution in [0.15, 0.2) is 23.3 Å². The van der Waals surface area contributed by atoms with E-state index in [1.807, 2.05) is 19.1 Å². The number of halogens is 1. The van der Waals surface area contributed by atoms with Crippen molar-refractivity contribution in [2.45, 2.75) is 60.2 Å². The van der Waals surface area contributed by atoms with Crippen molar-refractivity contribution >= 4 is 29.9 Å². The fraction of sp³-hybridized carbons (Fsp3) is 0.684. The first kappa shape index (κ1) is 24.9. The Morgan fingerprint density at radius 3 is 2.46 bits per heavy atom. The predicted molar refractivity (Wildman–Crippen MR) is 121 cm³/mol. The topological polar surface area (TPSA) is 61.8 Å². The minimum Gasteiger partial charge on any atom is -0.478 e. The minimum atomic E-state index is 0. The Hall–Kier alpha value is -1.09. The summed E-state index contributed by atoms with van der Waals surface area (Å²) >= 11 is 0. The highest BCUT2D eigenvalue weighted by atomic mass is 127. The first-order valence-corrected chi connectivity index (χ1v) is 9.34. The van der Waals surface area contributed by atoms with Gasteiger partial charge in [-0.3, -0.25) is 4.90 Å². The van der Waals surface area contributed by atoms with Crippen LogP contribution in [0.4, 0.5) is 0 Å². The van der Waals surface area contributed by atoms with Gasteiger partial charge in [0.2, 0.25) is 5.88 Å². The van der Waals surface area contributed by atoms with E-state index < -0.39 is 0 Å². The van der Waals surface area contributed by atoms with Crippen LogP contribution in [0.2, 0.25) is 0 Å². The lowest BCUT2D eigenvalue weighted by Gasteiger charge is -2.30. The maximum atomic E-state index is 5.57. The molecule has 0 unspecified atom stereocenters. The molecule has 0 saturated heterocycles. The highest BCUT2D eigenvalue weighted by Crippen LogP contribution is 2.15. The molecule has 26 heavy (non-hydrogen) atoms. The van der Waals surface area contributed by atoms with Gasteiger partial charge in [0.15, 0.2) is 5.96 Å². The molecule has 0 aliphatic rings. The van der Waals surface area contributed by atoms with Gasteiger partial charge >= 0.3 is 0 Å². The van der Waals surface area contributed by atoms with E-state index in [0.29, 0.717) is 31.1 Å². The Morgan fingerprint density at radius 2 is 1.88 bits per heavy atom. The molecule has 6 nitrogen and oxygen atoms in total. The van der Waals surface area contributed by atoms with Gasteiger partial charge < -0.3 is 15.4 Å². The highest BCUT2D eigenvalue weighted by Gasteiger charge is 2.12. The number of pyridine rings is 1. The van der Waals surface area contributed by atoms with Gasteiger partial charge in [-0.15, -0.1) is 24.0 Å². The van der Waals surface area contributed by atoms with Crippen molar-refractivity contribution in [2.75, 3.05) is 26.2 Å². The number of ether oxygens (including phenoxy) is 1. The quantitative estimate of drug-likeness (QED) is 0.308. The van der Waals surface area contributed by atoms with Crippen LogP contribution in [0.25, 0.3) is 0 Å². The number of guanidine groups is 1. The van der Waals surface area contributed by atoms with Crippen molar-refractivity contribution in [3.05, 3.63) is 23.9 Å². The lowest BCUT2D eigenvalue weighted by Crippen LogP contribution is -2.45. The molecule has 1 aromatic heterocycles. The van der Waals surface area contributed by atoms with Gasteiger partial charge in [-0.1, -0.05) is 6.07 Å². The van der Waals surface area contributed by atoms with E-state index in [-0.39, 0.29) is 24.0 Å². The molecule has 0 saturated carbocycles. The van der Waals surface area contributed by atoms with Crippen LogP contribution in [0.3, 0.4) is 0 Å². The summed E-state index contributed by atoms with van der Waals surface area (Å²) in [6, 6.07) is 4.98. The third-order valence-electron chi connectivity index (χ3n) is 3.87. The molecule has 1 heterocycles. The van der Waals surface area contributed by atoms with E-state index in [4.69, 9.17) is 4.74 Å². The minimum absolute atomic E-state index is 0. The summed E-state index contributed by atoms with van der Waals surface area (Å²) in [7, 11) is 0. The first-order chi connectivity index (χ1) is 12.0. The van der Waals surface area contributed by atoms with Crippen molar-refractivity contribution in [3.63, 3.8) is 0 Å². The summed E-state index contributed by atoms with van der Waals surface area (Å²) in [5.74, 6) is 1.48. The van der Waals surface area contributed by atoms with Crippen molar-refractivity contribution in [3.8, 4) is 5.88 Å². The van der Waals surface area contributed by atoms with Gasteiger partial charge in [0.25, 0.3) is 0 Å². The molecule has 0 radical (unpaired) electrons. The molecule has 2 N–H and O–H groups in total. The average Bonchev–Trinajstić information content (AvgIpc) is 2.57. The van der Waals surface area contributed by atoms with Crippen LogP contribution in [0.5, 0.6) is 5.88 Å². The van der Waals surface area contributed by atoms with Gasteiger partial charge in [-0.05, 0) is 47.6 Å². The van der Waals surface area contributed by atoms with Crippen LogP contribution in [0, 0.1) is 0 Å². The van der Waals surface area contributed by atoms with Gasteiger partial charge in [0, 0.05) is 43.5 Å². The Balaban J connectivity index is 0.00000625. The first-order valence-electron chi connectivity index (χ1n) is 9.34. The maximum absolute atomic E-state index is 5.57. The fourth-order valence-electron chi connectivity index (χ4n) is 2.73. The summed E-state index contributed by atoms with van der Waals surface area (Å²) in [6.07, 6.45) is 1.74.